The Hall–Kier alpha value is -1.53. The van der Waals surface area contributed by atoms with Crippen LogP contribution in [0.25, 0.3) is 0 Å². The summed E-state index contributed by atoms with van der Waals surface area (Å²) in [6.07, 6.45) is 0.724. The van der Waals surface area contributed by atoms with Crippen molar-refractivity contribution in [2.24, 2.45) is 11.1 Å². The van der Waals surface area contributed by atoms with Crippen molar-refractivity contribution in [1.29, 1.82) is 5.26 Å². The van der Waals surface area contributed by atoms with Gasteiger partial charge < -0.3 is 10.5 Å². The zero-order chi connectivity index (χ0) is 12.0. The Labute approximate surface area is 96.8 Å². The molecule has 1 aromatic carbocycles. The smallest absolute Gasteiger partial charge is 0.119 e. The van der Waals surface area contributed by atoms with Gasteiger partial charge in [0, 0.05) is 6.54 Å². The molecule has 2 N–H and O–H groups in total. The lowest BCUT2D eigenvalue weighted by atomic mass is 9.92. The van der Waals surface area contributed by atoms with Gasteiger partial charge in [-0.05, 0) is 38.0 Å². The summed E-state index contributed by atoms with van der Waals surface area (Å²) in [7, 11) is 0. The third-order valence-corrected chi connectivity index (χ3v) is 2.46. The predicted molar refractivity (Wildman–Crippen MR) is 63.8 cm³/mol. The van der Waals surface area contributed by atoms with Gasteiger partial charge in [0.05, 0.1) is 18.1 Å². The normalized spacial score (nSPS) is 10.9. The lowest BCUT2D eigenvalue weighted by Crippen LogP contribution is -2.13. The van der Waals surface area contributed by atoms with Crippen LogP contribution in [0.3, 0.4) is 0 Å². The fourth-order valence-electron chi connectivity index (χ4n) is 1.20. The standard InChI is InChI=1S/C13H18N2O/c1-13(2,10-15)7-8-16-12-5-3-11(9-14)4-6-12/h3-6H,7-9,14H2,1-2H3. The number of rotatable bonds is 5. The third-order valence-electron chi connectivity index (χ3n) is 2.46. The summed E-state index contributed by atoms with van der Waals surface area (Å²) in [5.74, 6) is 0.825. The molecular weight excluding hydrogens is 200 g/mol. The molecule has 0 saturated heterocycles. The van der Waals surface area contributed by atoms with E-state index in [9.17, 15) is 0 Å². The topological polar surface area (TPSA) is 59.0 Å². The molecule has 0 atom stereocenters. The minimum Gasteiger partial charge on any atom is -0.494 e. The van der Waals surface area contributed by atoms with E-state index in [1.165, 1.54) is 0 Å². The summed E-state index contributed by atoms with van der Waals surface area (Å²) in [5.41, 5.74) is 6.26. The number of ether oxygens (including phenoxy) is 1. The molecule has 0 spiro atoms. The first-order chi connectivity index (χ1) is 7.57. The van der Waals surface area contributed by atoms with Gasteiger partial charge in [-0.15, -0.1) is 0 Å². The molecule has 0 fully saturated rings. The van der Waals surface area contributed by atoms with Crippen LogP contribution in [-0.4, -0.2) is 6.61 Å². The average Bonchev–Trinajstić information content (AvgIpc) is 2.30. The van der Waals surface area contributed by atoms with Crippen molar-refractivity contribution in [1.82, 2.24) is 0 Å². The summed E-state index contributed by atoms with van der Waals surface area (Å²) in [6.45, 7) is 4.92. The van der Waals surface area contributed by atoms with Crippen LogP contribution in [0, 0.1) is 16.7 Å². The molecule has 0 amide bonds. The molecule has 0 aliphatic rings. The second-order valence-corrected chi connectivity index (χ2v) is 4.44. The maximum atomic E-state index is 8.84. The largest absolute Gasteiger partial charge is 0.494 e. The number of hydrogen-bond donors (Lipinski definition) is 1. The van der Waals surface area contributed by atoms with Gasteiger partial charge in [0.2, 0.25) is 0 Å². The number of nitrogens with two attached hydrogens (primary N) is 1. The van der Waals surface area contributed by atoms with Crippen LogP contribution in [-0.2, 0) is 6.54 Å². The first-order valence-corrected chi connectivity index (χ1v) is 5.40. The molecule has 0 aliphatic carbocycles. The zero-order valence-electron chi connectivity index (χ0n) is 9.86. The van der Waals surface area contributed by atoms with Crippen LogP contribution in [0.2, 0.25) is 0 Å². The number of benzene rings is 1. The molecule has 3 nitrogen and oxygen atoms in total. The van der Waals surface area contributed by atoms with E-state index in [0.29, 0.717) is 13.2 Å². The highest BCUT2D eigenvalue weighted by Crippen LogP contribution is 2.19. The van der Waals surface area contributed by atoms with Crippen molar-refractivity contribution < 1.29 is 4.74 Å². The van der Waals surface area contributed by atoms with Crippen LogP contribution in [0.1, 0.15) is 25.8 Å². The summed E-state index contributed by atoms with van der Waals surface area (Å²) >= 11 is 0. The lowest BCUT2D eigenvalue weighted by molar-refractivity contribution is 0.264. The van der Waals surface area contributed by atoms with E-state index in [1.807, 2.05) is 38.1 Å². The Kier molecular flexibility index (Phi) is 4.33. The Morgan fingerprint density at radius 2 is 1.94 bits per heavy atom. The quantitative estimate of drug-likeness (QED) is 0.825. The number of hydrogen-bond acceptors (Lipinski definition) is 3. The molecule has 0 radical (unpaired) electrons. The van der Waals surface area contributed by atoms with E-state index in [-0.39, 0.29) is 5.41 Å². The van der Waals surface area contributed by atoms with Crippen molar-refractivity contribution in [3.05, 3.63) is 29.8 Å². The molecule has 0 unspecified atom stereocenters. The SMILES string of the molecule is CC(C)(C#N)CCOc1ccc(CN)cc1. The van der Waals surface area contributed by atoms with E-state index in [1.54, 1.807) is 0 Å². The van der Waals surface area contributed by atoms with Crippen LogP contribution < -0.4 is 10.5 Å². The molecule has 1 rings (SSSR count). The molecule has 0 heterocycles. The highest BCUT2D eigenvalue weighted by molar-refractivity contribution is 5.27. The fraction of sp³-hybridized carbons (Fsp3) is 0.462. The van der Waals surface area contributed by atoms with Gasteiger partial charge in [0.1, 0.15) is 5.75 Å². The third kappa shape index (κ3) is 3.92. The van der Waals surface area contributed by atoms with Gasteiger partial charge in [-0.3, -0.25) is 0 Å². The molecule has 0 saturated carbocycles. The van der Waals surface area contributed by atoms with Gasteiger partial charge in [-0.25, -0.2) is 0 Å². The van der Waals surface area contributed by atoms with Gasteiger partial charge in [0.25, 0.3) is 0 Å². The molecule has 86 valence electrons. The van der Waals surface area contributed by atoms with E-state index < -0.39 is 0 Å². The summed E-state index contributed by atoms with van der Waals surface area (Å²) in [5, 5.41) is 8.84. The van der Waals surface area contributed by atoms with E-state index in [0.717, 1.165) is 17.7 Å². The molecule has 0 aromatic heterocycles. The van der Waals surface area contributed by atoms with Crippen molar-refractivity contribution in [3.8, 4) is 11.8 Å². The minimum atomic E-state index is -0.322. The van der Waals surface area contributed by atoms with E-state index in [4.69, 9.17) is 15.7 Å². The van der Waals surface area contributed by atoms with Crippen molar-refractivity contribution in [2.75, 3.05) is 6.61 Å². The Balaban J connectivity index is 2.41. The number of nitrogens with zero attached hydrogens (tertiary/aromatic N) is 1. The molecule has 16 heavy (non-hydrogen) atoms. The molecule has 1 aromatic rings. The predicted octanol–water partition coefficient (Wildman–Crippen LogP) is 2.46. The summed E-state index contributed by atoms with van der Waals surface area (Å²) in [4.78, 5) is 0. The summed E-state index contributed by atoms with van der Waals surface area (Å²) < 4.78 is 5.55. The van der Waals surface area contributed by atoms with Gasteiger partial charge in [0.15, 0.2) is 0 Å². The first kappa shape index (κ1) is 12.5. The zero-order valence-corrected chi connectivity index (χ0v) is 9.86. The van der Waals surface area contributed by atoms with E-state index in [2.05, 4.69) is 6.07 Å². The molecule has 0 aliphatic heterocycles. The second kappa shape index (κ2) is 5.53. The molecule has 0 bridgehead atoms. The molecule has 3 heteroatoms. The van der Waals surface area contributed by atoms with Crippen molar-refractivity contribution >= 4 is 0 Å². The monoisotopic (exact) mass is 218 g/mol. The Morgan fingerprint density at radius 3 is 2.44 bits per heavy atom. The van der Waals surface area contributed by atoms with Crippen LogP contribution in [0.4, 0.5) is 0 Å². The van der Waals surface area contributed by atoms with Crippen molar-refractivity contribution in [3.63, 3.8) is 0 Å². The van der Waals surface area contributed by atoms with Gasteiger partial charge in [-0.2, -0.15) is 5.26 Å². The highest BCUT2D eigenvalue weighted by atomic mass is 16.5. The van der Waals surface area contributed by atoms with Crippen LogP contribution in [0.5, 0.6) is 5.75 Å². The number of nitriles is 1. The minimum absolute atomic E-state index is 0.322. The van der Waals surface area contributed by atoms with Gasteiger partial charge >= 0.3 is 0 Å². The van der Waals surface area contributed by atoms with Crippen LogP contribution >= 0.6 is 0 Å². The Morgan fingerprint density at radius 1 is 1.31 bits per heavy atom. The molecular formula is C13H18N2O. The fourth-order valence-corrected chi connectivity index (χ4v) is 1.20. The maximum absolute atomic E-state index is 8.84. The summed E-state index contributed by atoms with van der Waals surface area (Å²) in [6, 6.07) is 9.96. The van der Waals surface area contributed by atoms with Crippen LogP contribution in [0.15, 0.2) is 24.3 Å². The Bertz CT molecular complexity index is 363. The maximum Gasteiger partial charge on any atom is 0.119 e. The van der Waals surface area contributed by atoms with Crippen molar-refractivity contribution in [2.45, 2.75) is 26.8 Å². The lowest BCUT2D eigenvalue weighted by Gasteiger charge is -2.15. The van der Waals surface area contributed by atoms with E-state index >= 15 is 0 Å². The first-order valence-electron chi connectivity index (χ1n) is 5.40. The highest BCUT2D eigenvalue weighted by Gasteiger charge is 2.16. The second-order valence-electron chi connectivity index (χ2n) is 4.44. The van der Waals surface area contributed by atoms with Gasteiger partial charge in [-0.1, -0.05) is 12.1 Å². The average molecular weight is 218 g/mol.